The number of aromatic nitrogens is 1. The summed E-state index contributed by atoms with van der Waals surface area (Å²) in [6.07, 6.45) is 3.18. The Labute approximate surface area is 188 Å². The molecule has 2 aromatic carbocycles. The van der Waals surface area contributed by atoms with Crippen LogP contribution in [0.3, 0.4) is 0 Å². The Hall–Kier alpha value is -3.38. The van der Waals surface area contributed by atoms with Crippen LogP contribution < -0.4 is 5.73 Å². The molecule has 0 aliphatic carbocycles. The standard InChI is InChI=1S/C26H29N3O3/c1-19(20-8-10-21(11-9-20)24-13-12-23(27)18-28-24)29-16-15-26(14-5-17-30,32-25(29)31)22-6-3-2-4-7-22/h2-4,6-13,18-19,30H,5,14-17,27H2,1H3/t19-,26+/m0/s1. The maximum absolute atomic E-state index is 13.1. The van der Waals surface area contributed by atoms with Crippen LogP contribution in [-0.4, -0.2) is 34.2 Å². The zero-order chi connectivity index (χ0) is 22.6. The number of aliphatic hydroxyl groups excluding tert-OH is 1. The fourth-order valence-corrected chi connectivity index (χ4v) is 4.34. The molecule has 2 atom stereocenters. The molecule has 0 bridgehead atoms. The van der Waals surface area contributed by atoms with E-state index in [2.05, 4.69) is 4.98 Å². The number of hydrogen-bond donors (Lipinski definition) is 2. The molecule has 0 unspecified atom stereocenters. The summed E-state index contributed by atoms with van der Waals surface area (Å²) in [5.74, 6) is 0. The summed E-state index contributed by atoms with van der Waals surface area (Å²) >= 11 is 0. The van der Waals surface area contributed by atoms with E-state index in [9.17, 15) is 9.90 Å². The summed E-state index contributed by atoms with van der Waals surface area (Å²) in [6.45, 7) is 2.67. The topological polar surface area (TPSA) is 88.7 Å². The van der Waals surface area contributed by atoms with Crippen LogP contribution in [0.4, 0.5) is 10.5 Å². The number of nitrogens with two attached hydrogens (primary N) is 1. The van der Waals surface area contributed by atoms with E-state index in [1.54, 1.807) is 11.1 Å². The van der Waals surface area contributed by atoms with E-state index in [1.165, 1.54) is 0 Å². The molecule has 1 aliphatic rings. The lowest BCUT2D eigenvalue weighted by Crippen LogP contribution is -2.48. The van der Waals surface area contributed by atoms with Crippen LogP contribution in [0.15, 0.2) is 72.9 Å². The van der Waals surface area contributed by atoms with Crippen LogP contribution in [0, 0.1) is 0 Å². The second kappa shape index (κ2) is 9.40. The number of carbonyl (C=O) groups is 1. The van der Waals surface area contributed by atoms with Gasteiger partial charge in [0.15, 0.2) is 0 Å². The van der Waals surface area contributed by atoms with Gasteiger partial charge in [-0.05, 0) is 43.0 Å². The summed E-state index contributed by atoms with van der Waals surface area (Å²) in [5, 5.41) is 9.37. The molecule has 6 heteroatoms. The molecule has 0 radical (unpaired) electrons. The Morgan fingerprint density at radius 2 is 1.88 bits per heavy atom. The van der Waals surface area contributed by atoms with Gasteiger partial charge in [-0.2, -0.15) is 0 Å². The summed E-state index contributed by atoms with van der Waals surface area (Å²) in [7, 11) is 0. The molecule has 1 saturated heterocycles. The van der Waals surface area contributed by atoms with Crippen molar-refractivity contribution in [1.82, 2.24) is 9.88 Å². The van der Waals surface area contributed by atoms with Crippen molar-refractivity contribution >= 4 is 11.8 Å². The number of carbonyl (C=O) groups excluding carboxylic acids is 1. The van der Waals surface area contributed by atoms with Gasteiger partial charge in [-0.25, -0.2) is 4.79 Å². The first-order chi connectivity index (χ1) is 15.5. The summed E-state index contributed by atoms with van der Waals surface area (Å²) in [6, 6.07) is 21.5. The van der Waals surface area contributed by atoms with Crippen LogP contribution in [0.25, 0.3) is 11.3 Å². The van der Waals surface area contributed by atoms with E-state index in [0.717, 1.165) is 22.4 Å². The molecule has 2 heterocycles. The van der Waals surface area contributed by atoms with E-state index < -0.39 is 5.60 Å². The van der Waals surface area contributed by atoms with Crippen LogP contribution in [0.1, 0.15) is 43.4 Å². The van der Waals surface area contributed by atoms with Gasteiger partial charge in [0.1, 0.15) is 5.60 Å². The highest BCUT2D eigenvalue weighted by Crippen LogP contribution is 2.40. The SMILES string of the molecule is C[C@@H](c1ccc(-c2ccc(N)cn2)cc1)N1CC[C@](CCCO)(c2ccccc2)OC1=O. The molecule has 3 N–H and O–H groups in total. The van der Waals surface area contributed by atoms with Crippen molar-refractivity contribution in [2.75, 3.05) is 18.9 Å². The first-order valence-corrected chi connectivity index (χ1v) is 11.0. The molecule has 4 rings (SSSR count). The molecule has 0 spiro atoms. The molecule has 6 nitrogen and oxygen atoms in total. The predicted molar refractivity (Wildman–Crippen MR) is 125 cm³/mol. The number of hydrogen-bond acceptors (Lipinski definition) is 5. The summed E-state index contributed by atoms with van der Waals surface area (Å²) in [4.78, 5) is 19.2. The van der Waals surface area contributed by atoms with Gasteiger partial charge in [0.05, 0.1) is 23.6 Å². The molecule has 166 valence electrons. The number of nitrogens with zero attached hydrogens (tertiary/aromatic N) is 2. The lowest BCUT2D eigenvalue weighted by molar-refractivity contribution is -0.0680. The Bertz CT molecular complexity index is 1040. The zero-order valence-electron chi connectivity index (χ0n) is 18.3. The Morgan fingerprint density at radius 3 is 2.50 bits per heavy atom. The van der Waals surface area contributed by atoms with Crippen LogP contribution in [0.2, 0.25) is 0 Å². The fourth-order valence-electron chi connectivity index (χ4n) is 4.34. The lowest BCUT2D eigenvalue weighted by Gasteiger charge is -2.43. The third-order valence-corrected chi connectivity index (χ3v) is 6.26. The highest BCUT2D eigenvalue weighted by Gasteiger charge is 2.43. The maximum atomic E-state index is 13.1. The zero-order valence-corrected chi connectivity index (χ0v) is 18.3. The third-order valence-electron chi connectivity index (χ3n) is 6.26. The van der Waals surface area contributed by atoms with Gasteiger partial charge in [0, 0.05) is 25.1 Å². The molecule has 32 heavy (non-hydrogen) atoms. The van der Waals surface area contributed by atoms with Crippen molar-refractivity contribution in [2.24, 2.45) is 0 Å². The highest BCUT2D eigenvalue weighted by atomic mass is 16.6. The average molecular weight is 432 g/mol. The number of rotatable bonds is 7. The van der Waals surface area contributed by atoms with Crippen LogP contribution >= 0.6 is 0 Å². The number of anilines is 1. The number of aliphatic hydroxyl groups is 1. The highest BCUT2D eigenvalue weighted by molar-refractivity contribution is 5.70. The van der Waals surface area contributed by atoms with Crippen molar-refractivity contribution in [3.8, 4) is 11.3 Å². The van der Waals surface area contributed by atoms with E-state index >= 15 is 0 Å². The molecule has 0 saturated carbocycles. The Morgan fingerprint density at radius 1 is 1.12 bits per heavy atom. The van der Waals surface area contributed by atoms with Crippen LogP contribution in [0.5, 0.6) is 0 Å². The second-order valence-electron chi connectivity index (χ2n) is 8.27. The second-order valence-corrected chi connectivity index (χ2v) is 8.27. The predicted octanol–water partition coefficient (Wildman–Crippen LogP) is 4.90. The number of nitrogen functional groups attached to an aromatic ring is 1. The van der Waals surface area contributed by atoms with E-state index in [4.69, 9.17) is 10.5 Å². The number of cyclic esters (lactones) is 1. The van der Waals surface area contributed by atoms with Crippen LogP contribution in [-0.2, 0) is 10.3 Å². The molecular weight excluding hydrogens is 402 g/mol. The minimum absolute atomic E-state index is 0.0709. The van der Waals surface area contributed by atoms with E-state index in [0.29, 0.717) is 31.5 Å². The van der Waals surface area contributed by atoms with Gasteiger partial charge in [-0.15, -0.1) is 0 Å². The number of benzene rings is 2. The van der Waals surface area contributed by atoms with Crippen molar-refractivity contribution in [3.63, 3.8) is 0 Å². The van der Waals surface area contributed by atoms with Gasteiger partial charge in [-0.1, -0.05) is 54.6 Å². The fraction of sp³-hybridized carbons (Fsp3) is 0.308. The van der Waals surface area contributed by atoms with E-state index in [1.807, 2.05) is 73.7 Å². The van der Waals surface area contributed by atoms with Gasteiger partial charge in [0.2, 0.25) is 0 Å². The van der Waals surface area contributed by atoms with E-state index in [-0.39, 0.29) is 18.7 Å². The molecule has 3 aromatic rings. The van der Waals surface area contributed by atoms with Crippen molar-refractivity contribution in [3.05, 3.63) is 84.1 Å². The third kappa shape index (κ3) is 4.46. The van der Waals surface area contributed by atoms with Crippen molar-refractivity contribution in [1.29, 1.82) is 0 Å². The molecule has 1 amide bonds. The normalized spacial score (nSPS) is 19.4. The molecular formula is C26H29N3O3. The average Bonchev–Trinajstić information content (AvgIpc) is 2.83. The lowest BCUT2D eigenvalue weighted by atomic mass is 9.84. The van der Waals surface area contributed by atoms with Crippen molar-refractivity contribution < 1.29 is 14.6 Å². The number of amides is 1. The largest absolute Gasteiger partial charge is 0.438 e. The minimum Gasteiger partial charge on any atom is -0.438 e. The Kier molecular flexibility index (Phi) is 6.42. The monoisotopic (exact) mass is 431 g/mol. The first-order valence-electron chi connectivity index (χ1n) is 11.0. The number of ether oxygens (including phenoxy) is 1. The first kappa shape index (κ1) is 21.8. The smallest absolute Gasteiger partial charge is 0.411 e. The number of pyridine rings is 1. The molecule has 1 fully saturated rings. The molecule has 1 aromatic heterocycles. The minimum atomic E-state index is -0.692. The van der Waals surface area contributed by atoms with Gasteiger partial charge >= 0.3 is 6.09 Å². The quantitative estimate of drug-likeness (QED) is 0.555. The molecule has 1 aliphatic heterocycles. The summed E-state index contributed by atoms with van der Waals surface area (Å²) in [5.41, 5.74) is 9.52. The van der Waals surface area contributed by atoms with Gasteiger partial charge in [0.25, 0.3) is 0 Å². The van der Waals surface area contributed by atoms with Gasteiger partial charge < -0.3 is 20.5 Å². The van der Waals surface area contributed by atoms with Gasteiger partial charge in [-0.3, -0.25) is 4.98 Å². The van der Waals surface area contributed by atoms with Crippen molar-refractivity contribution in [2.45, 2.75) is 37.8 Å². The Balaban J connectivity index is 1.50. The maximum Gasteiger partial charge on any atom is 0.411 e. The summed E-state index contributed by atoms with van der Waals surface area (Å²) < 4.78 is 6.08.